The van der Waals surface area contributed by atoms with Gasteiger partial charge in [-0.05, 0) is 38.5 Å². The zero-order valence-electron chi connectivity index (χ0n) is 14.9. The summed E-state index contributed by atoms with van der Waals surface area (Å²) in [7, 11) is 0. The van der Waals surface area contributed by atoms with Crippen LogP contribution in [0.3, 0.4) is 0 Å². The van der Waals surface area contributed by atoms with Gasteiger partial charge in [0.05, 0.1) is 0 Å². The standard InChI is InChI=1S/C11H22N2O.2C2HF3O2/c12-9-1-3-10(4-2-9)13-11-5-7-14-8-6-11;2*3-2(4,5)1(6)7/h9-11,13H,1-8,12H2;2*(H,6,7)/t9-,10-;;. The normalized spacial score (nSPS) is 23.5. The van der Waals surface area contributed by atoms with E-state index in [9.17, 15) is 26.3 Å². The van der Waals surface area contributed by atoms with Crippen LogP contribution in [-0.4, -0.2) is 65.8 Å². The Kier molecular flexibility index (Phi) is 11.4. The Labute approximate surface area is 157 Å². The van der Waals surface area contributed by atoms with Crippen molar-refractivity contribution in [3.8, 4) is 0 Å². The molecule has 1 aliphatic carbocycles. The van der Waals surface area contributed by atoms with Crippen molar-refractivity contribution in [1.29, 1.82) is 0 Å². The molecule has 0 bridgehead atoms. The summed E-state index contributed by atoms with van der Waals surface area (Å²) in [5.41, 5.74) is 5.88. The molecular formula is C15H24F6N2O5. The maximum atomic E-state index is 10.6. The van der Waals surface area contributed by atoms with E-state index in [1.807, 2.05) is 0 Å². The monoisotopic (exact) mass is 426 g/mol. The summed E-state index contributed by atoms with van der Waals surface area (Å²) in [6, 6.07) is 1.88. The summed E-state index contributed by atoms with van der Waals surface area (Å²) in [5.74, 6) is -5.51. The highest BCUT2D eigenvalue weighted by Crippen LogP contribution is 2.19. The molecule has 0 spiro atoms. The van der Waals surface area contributed by atoms with Gasteiger partial charge in [0.15, 0.2) is 0 Å². The van der Waals surface area contributed by atoms with Gasteiger partial charge in [0.25, 0.3) is 0 Å². The van der Waals surface area contributed by atoms with Crippen molar-refractivity contribution in [2.75, 3.05) is 13.2 Å². The van der Waals surface area contributed by atoms with Crippen LogP contribution in [0.15, 0.2) is 0 Å². The number of nitrogens with one attached hydrogen (secondary N) is 1. The van der Waals surface area contributed by atoms with E-state index in [1.165, 1.54) is 38.5 Å². The highest BCUT2D eigenvalue weighted by Gasteiger charge is 2.38. The van der Waals surface area contributed by atoms with E-state index in [2.05, 4.69) is 5.32 Å². The van der Waals surface area contributed by atoms with Crippen molar-refractivity contribution >= 4 is 11.9 Å². The molecule has 0 unspecified atom stereocenters. The number of carboxylic acids is 2. The summed E-state index contributed by atoms with van der Waals surface area (Å²) < 4.78 is 68.8. The largest absolute Gasteiger partial charge is 0.490 e. The fraction of sp³-hybridized carbons (Fsp3) is 0.867. The Hall–Kier alpha value is -1.60. The average molecular weight is 426 g/mol. The maximum absolute atomic E-state index is 10.6. The van der Waals surface area contributed by atoms with Crippen molar-refractivity contribution in [1.82, 2.24) is 5.32 Å². The van der Waals surface area contributed by atoms with Crippen molar-refractivity contribution in [2.24, 2.45) is 5.73 Å². The van der Waals surface area contributed by atoms with Crippen LogP contribution in [0.25, 0.3) is 0 Å². The molecule has 0 aromatic rings. The molecule has 0 aromatic carbocycles. The minimum absolute atomic E-state index is 0.461. The molecule has 1 saturated carbocycles. The van der Waals surface area contributed by atoms with Gasteiger partial charge in [-0.1, -0.05) is 0 Å². The predicted molar refractivity (Wildman–Crippen MR) is 84.6 cm³/mol. The van der Waals surface area contributed by atoms with Gasteiger partial charge in [-0.25, -0.2) is 9.59 Å². The van der Waals surface area contributed by atoms with Crippen LogP contribution in [0.4, 0.5) is 26.3 Å². The van der Waals surface area contributed by atoms with Gasteiger partial charge >= 0.3 is 24.3 Å². The van der Waals surface area contributed by atoms with E-state index in [0.29, 0.717) is 12.1 Å². The second-order valence-corrected chi connectivity index (χ2v) is 6.27. The molecule has 13 heteroatoms. The molecule has 1 heterocycles. The molecule has 7 nitrogen and oxygen atoms in total. The fourth-order valence-corrected chi connectivity index (χ4v) is 2.48. The quantitative estimate of drug-likeness (QED) is 0.500. The number of aliphatic carboxylic acids is 2. The second-order valence-electron chi connectivity index (χ2n) is 6.27. The Balaban J connectivity index is 0.000000444. The molecule has 0 aromatic heterocycles. The Bertz CT molecular complexity index is 449. The third-order valence-corrected chi connectivity index (χ3v) is 3.95. The number of alkyl halides is 6. The minimum Gasteiger partial charge on any atom is -0.475 e. The van der Waals surface area contributed by atoms with Crippen LogP contribution >= 0.6 is 0 Å². The molecule has 2 aliphatic rings. The van der Waals surface area contributed by atoms with Crippen LogP contribution < -0.4 is 11.1 Å². The number of carboxylic acid groups (broad SMARTS) is 2. The van der Waals surface area contributed by atoms with Crippen LogP contribution in [0, 0.1) is 0 Å². The molecule has 28 heavy (non-hydrogen) atoms. The summed E-state index contributed by atoms with van der Waals surface area (Å²) in [6.07, 6.45) is -2.88. The van der Waals surface area contributed by atoms with Crippen LogP contribution in [0.1, 0.15) is 38.5 Å². The first-order valence-corrected chi connectivity index (χ1v) is 8.43. The van der Waals surface area contributed by atoms with Gasteiger partial charge in [-0.2, -0.15) is 26.3 Å². The van der Waals surface area contributed by atoms with Gasteiger partial charge in [0.1, 0.15) is 0 Å². The number of halogens is 6. The topological polar surface area (TPSA) is 122 Å². The van der Waals surface area contributed by atoms with Gasteiger partial charge < -0.3 is 26.0 Å². The highest BCUT2D eigenvalue weighted by atomic mass is 19.4. The first-order chi connectivity index (χ1) is 12.7. The molecular weight excluding hydrogens is 402 g/mol. The zero-order valence-corrected chi connectivity index (χ0v) is 14.9. The van der Waals surface area contributed by atoms with E-state index in [0.717, 1.165) is 19.3 Å². The van der Waals surface area contributed by atoms with Gasteiger partial charge in [-0.15, -0.1) is 0 Å². The molecule has 1 aliphatic heterocycles. The van der Waals surface area contributed by atoms with Crippen molar-refractivity contribution in [3.63, 3.8) is 0 Å². The summed E-state index contributed by atoms with van der Waals surface area (Å²) in [5, 5.41) is 18.0. The van der Waals surface area contributed by atoms with E-state index in [-0.39, 0.29) is 0 Å². The van der Waals surface area contributed by atoms with E-state index in [1.54, 1.807) is 0 Å². The summed E-state index contributed by atoms with van der Waals surface area (Å²) in [6.45, 7) is 1.87. The molecule has 0 radical (unpaired) electrons. The summed E-state index contributed by atoms with van der Waals surface area (Å²) >= 11 is 0. The fourth-order valence-electron chi connectivity index (χ4n) is 2.48. The molecule has 0 amide bonds. The molecule has 0 atom stereocenters. The van der Waals surface area contributed by atoms with E-state index in [4.69, 9.17) is 30.3 Å². The number of rotatable bonds is 2. The molecule has 2 rings (SSSR count). The maximum Gasteiger partial charge on any atom is 0.490 e. The lowest BCUT2D eigenvalue weighted by molar-refractivity contribution is -0.193. The summed E-state index contributed by atoms with van der Waals surface area (Å²) in [4.78, 5) is 17.8. The molecule has 2 fully saturated rings. The minimum atomic E-state index is -5.08. The third-order valence-electron chi connectivity index (χ3n) is 3.95. The van der Waals surface area contributed by atoms with Gasteiger partial charge in [0, 0.05) is 31.3 Å². The Morgan fingerprint density at radius 3 is 1.43 bits per heavy atom. The predicted octanol–water partition coefficient (Wildman–Crippen LogP) is 2.29. The smallest absolute Gasteiger partial charge is 0.475 e. The van der Waals surface area contributed by atoms with Crippen LogP contribution in [-0.2, 0) is 14.3 Å². The van der Waals surface area contributed by atoms with E-state index < -0.39 is 24.3 Å². The lowest BCUT2D eigenvalue weighted by atomic mass is 9.91. The zero-order chi connectivity index (χ0) is 22.0. The van der Waals surface area contributed by atoms with Crippen molar-refractivity contribution in [3.05, 3.63) is 0 Å². The number of hydrogen-bond donors (Lipinski definition) is 4. The number of carbonyl (C=O) groups is 2. The van der Waals surface area contributed by atoms with Crippen molar-refractivity contribution < 1.29 is 50.9 Å². The first kappa shape index (κ1) is 26.4. The first-order valence-electron chi connectivity index (χ1n) is 8.43. The molecule has 1 saturated heterocycles. The van der Waals surface area contributed by atoms with Gasteiger partial charge in [0.2, 0.25) is 0 Å². The average Bonchev–Trinajstić information content (AvgIpc) is 2.57. The van der Waals surface area contributed by atoms with Gasteiger partial charge in [-0.3, -0.25) is 0 Å². The Morgan fingerprint density at radius 2 is 1.11 bits per heavy atom. The highest BCUT2D eigenvalue weighted by molar-refractivity contribution is 5.73. The van der Waals surface area contributed by atoms with Crippen LogP contribution in [0.5, 0.6) is 0 Å². The molecule has 166 valence electrons. The number of nitrogens with two attached hydrogens (primary N) is 1. The number of ether oxygens (including phenoxy) is 1. The van der Waals surface area contributed by atoms with E-state index >= 15 is 0 Å². The third kappa shape index (κ3) is 12.7. The van der Waals surface area contributed by atoms with Crippen molar-refractivity contribution in [2.45, 2.75) is 69.0 Å². The molecule has 5 N–H and O–H groups in total. The number of hydrogen-bond acceptors (Lipinski definition) is 5. The lowest BCUT2D eigenvalue weighted by Gasteiger charge is -2.32. The Morgan fingerprint density at radius 1 is 0.786 bits per heavy atom. The lowest BCUT2D eigenvalue weighted by Crippen LogP contribution is -2.44. The van der Waals surface area contributed by atoms with Crippen LogP contribution in [0.2, 0.25) is 0 Å². The SMILES string of the molecule is N[C@H]1CC[C@H](NC2CCOCC2)CC1.O=C(O)C(F)(F)F.O=C(O)C(F)(F)F. The second kappa shape index (κ2) is 12.1.